The highest BCUT2D eigenvalue weighted by atomic mass is 32.2. The van der Waals surface area contributed by atoms with Crippen LogP contribution < -0.4 is 5.32 Å². The molecule has 0 bridgehead atoms. The van der Waals surface area contributed by atoms with E-state index < -0.39 is 29.6 Å². The number of hydrogen-bond donors (Lipinski definition) is 1. The maximum atomic E-state index is 13.6. The molecule has 162 valence electrons. The van der Waals surface area contributed by atoms with Gasteiger partial charge in [0, 0.05) is 31.5 Å². The van der Waals surface area contributed by atoms with Gasteiger partial charge in [-0.25, -0.2) is 9.18 Å². The Labute approximate surface area is 179 Å². The quantitative estimate of drug-likeness (QED) is 0.420. The second-order valence-electron chi connectivity index (χ2n) is 6.43. The second kappa shape index (κ2) is 10.9. The number of methoxy groups -OCH3 is 1. The summed E-state index contributed by atoms with van der Waals surface area (Å²) >= 11 is 1.37. The molecule has 0 aliphatic carbocycles. The molecule has 1 aliphatic rings. The highest BCUT2D eigenvalue weighted by Gasteiger charge is 2.42. The minimum absolute atomic E-state index is 0.169. The number of carbonyl (C=O) groups excluding carboxylic acids is 2. The van der Waals surface area contributed by atoms with Crippen LogP contribution in [-0.4, -0.2) is 56.4 Å². The lowest BCUT2D eigenvalue weighted by Crippen LogP contribution is -2.36. The van der Waals surface area contributed by atoms with Gasteiger partial charge in [-0.05, 0) is 31.5 Å². The molecular weight excluding hydrogens is 409 g/mol. The average Bonchev–Trinajstić information content (AvgIpc) is 2.74. The molecule has 0 saturated carbocycles. The number of amidine groups is 1. The molecule has 2 unspecified atom stereocenters. The molecular formula is C21H26FN3O4S. The first-order valence-electron chi connectivity index (χ1n) is 9.43. The topological polar surface area (TPSA) is 89.4 Å². The van der Waals surface area contributed by atoms with Gasteiger partial charge in [0.1, 0.15) is 11.7 Å². The lowest BCUT2D eigenvalue weighted by atomic mass is 9.75. The number of ether oxygens (including phenoxy) is 2. The second-order valence-corrected chi connectivity index (χ2v) is 7.40. The predicted octanol–water partition coefficient (Wildman–Crippen LogP) is 2.93. The van der Waals surface area contributed by atoms with Gasteiger partial charge in [-0.2, -0.15) is 0 Å². The van der Waals surface area contributed by atoms with E-state index in [9.17, 15) is 14.0 Å². The van der Waals surface area contributed by atoms with Gasteiger partial charge in [0.25, 0.3) is 0 Å². The Kier molecular flexibility index (Phi) is 8.58. The number of carbonyl (C=O) groups is 2. The average molecular weight is 436 g/mol. The molecule has 2 atom stereocenters. The number of esters is 2. The minimum Gasteiger partial charge on any atom is -0.468 e. The van der Waals surface area contributed by atoms with E-state index in [0.29, 0.717) is 27.9 Å². The summed E-state index contributed by atoms with van der Waals surface area (Å²) in [6.45, 7) is 3.60. The van der Waals surface area contributed by atoms with Crippen LogP contribution in [0, 0.1) is 11.7 Å². The summed E-state index contributed by atoms with van der Waals surface area (Å²) in [7, 11) is 4.69. The van der Waals surface area contributed by atoms with Crippen molar-refractivity contribution in [2.24, 2.45) is 15.9 Å². The van der Waals surface area contributed by atoms with Crippen LogP contribution in [0.1, 0.15) is 25.3 Å². The molecule has 0 aromatic heterocycles. The highest BCUT2D eigenvalue weighted by Crippen LogP contribution is 2.41. The van der Waals surface area contributed by atoms with E-state index in [-0.39, 0.29) is 12.2 Å². The third-order valence-electron chi connectivity index (χ3n) is 4.66. The zero-order valence-corrected chi connectivity index (χ0v) is 18.5. The fraction of sp³-hybridized carbons (Fsp3) is 0.429. The van der Waals surface area contributed by atoms with Crippen molar-refractivity contribution in [3.63, 3.8) is 0 Å². The molecule has 1 aliphatic heterocycles. The largest absolute Gasteiger partial charge is 0.468 e. The molecule has 30 heavy (non-hydrogen) atoms. The Morgan fingerprint density at radius 3 is 2.50 bits per heavy atom. The maximum Gasteiger partial charge on any atom is 0.336 e. The van der Waals surface area contributed by atoms with E-state index in [1.54, 1.807) is 40.1 Å². The van der Waals surface area contributed by atoms with Crippen molar-refractivity contribution in [1.29, 1.82) is 0 Å². The van der Waals surface area contributed by atoms with E-state index >= 15 is 0 Å². The molecule has 0 saturated heterocycles. The number of thioether (sulfide) groups is 1. The molecule has 0 spiro atoms. The number of benzene rings is 1. The van der Waals surface area contributed by atoms with Crippen LogP contribution in [0.25, 0.3) is 0 Å². The third-order valence-corrected chi connectivity index (χ3v) is 5.74. The van der Waals surface area contributed by atoms with Crippen molar-refractivity contribution in [3.8, 4) is 0 Å². The minimum atomic E-state index is -0.822. The number of nitrogens with one attached hydrogen (secondary N) is 1. The summed E-state index contributed by atoms with van der Waals surface area (Å²) in [5.41, 5.74) is 1.87. The van der Waals surface area contributed by atoms with Gasteiger partial charge in [0.05, 0.1) is 25.0 Å². The van der Waals surface area contributed by atoms with E-state index in [4.69, 9.17) is 9.47 Å². The summed E-state index contributed by atoms with van der Waals surface area (Å²) in [5, 5.41) is 3.64. The summed E-state index contributed by atoms with van der Waals surface area (Å²) in [4.78, 5) is 34.3. The Balaban J connectivity index is 2.65. The molecule has 9 heteroatoms. The van der Waals surface area contributed by atoms with E-state index in [1.807, 2.05) is 0 Å². The van der Waals surface area contributed by atoms with Crippen molar-refractivity contribution in [2.75, 3.05) is 33.6 Å². The zero-order chi connectivity index (χ0) is 22.3. The van der Waals surface area contributed by atoms with Crippen molar-refractivity contribution in [3.05, 3.63) is 46.9 Å². The van der Waals surface area contributed by atoms with Gasteiger partial charge in [-0.1, -0.05) is 23.9 Å². The molecule has 0 amide bonds. The first-order chi connectivity index (χ1) is 14.4. The summed E-state index contributed by atoms with van der Waals surface area (Å²) < 4.78 is 23.8. The summed E-state index contributed by atoms with van der Waals surface area (Å²) in [5.74, 6) is -2.69. The molecule has 1 N–H and O–H groups in total. The molecule has 7 nitrogen and oxygen atoms in total. The van der Waals surface area contributed by atoms with E-state index in [2.05, 4.69) is 15.3 Å². The van der Waals surface area contributed by atoms with Crippen LogP contribution in [0.2, 0.25) is 0 Å². The van der Waals surface area contributed by atoms with Gasteiger partial charge in [-0.3, -0.25) is 14.8 Å². The van der Waals surface area contributed by atoms with Crippen LogP contribution in [0.3, 0.4) is 0 Å². The van der Waals surface area contributed by atoms with Crippen molar-refractivity contribution >= 4 is 34.6 Å². The monoisotopic (exact) mass is 435 g/mol. The Morgan fingerprint density at radius 1 is 1.30 bits per heavy atom. The fourth-order valence-corrected chi connectivity index (χ4v) is 4.11. The normalized spacial score (nSPS) is 19.3. The molecule has 0 radical (unpaired) electrons. The van der Waals surface area contributed by atoms with Gasteiger partial charge in [0.2, 0.25) is 0 Å². The first-order valence-corrected chi connectivity index (χ1v) is 10.4. The van der Waals surface area contributed by atoms with Crippen molar-refractivity contribution < 1.29 is 23.5 Å². The number of aliphatic imine (C=N–C) groups is 2. The predicted molar refractivity (Wildman–Crippen MR) is 116 cm³/mol. The van der Waals surface area contributed by atoms with E-state index in [1.165, 1.54) is 31.0 Å². The third kappa shape index (κ3) is 5.27. The number of rotatable bonds is 6. The fourth-order valence-electron chi connectivity index (χ4n) is 3.34. The summed E-state index contributed by atoms with van der Waals surface area (Å²) in [6.07, 6.45) is 0. The van der Waals surface area contributed by atoms with Crippen LogP contribution >= 0.6 is 11.8 Å². The maximum absolute atomic E-state index is 13.6. The Hall–Kier alpha value is -2.68. The number of hydrogen-bond acceptors (Lipinski definition) is 7. The molecule has 2 rings (SSSR count). The standard InChI is InChI=1S/C21H26FN3O4S/c1-6-29-20(27)18-15(11-30-21(23-3)24-4)25-12(2)16(19(26)28-5)17(18)13-7-9-14(22)10-8-13/h7-10,16-17H,6,11H2,1-5H3,(H,23,24). The van der Waals surface area contributed by atoms with Gasteiger partial charge in [0.15, 0.2) is 5.17 Å². The van der Waals surface area contributed by atoms with E-state index in [0.717, 1.165) is 0 Å². The lowest BCUT2D eigenvalue weighted by Gasteiger charge is -2.32. The zero-order valence-electron chi connectivity index (χ0n) is 17.7. The number of halogens is 1. The van der Waals surface area contributed by atoms with Crippen LogP contribution in [0.5, 0.6) is 0 Å². The lowest BCUT2D eigenvalue weighted by molar-refractivity contribution is -0.144. The van der Waals surface area contributed by atoms with Gasteiger partial charge < -0.3 is 14.8 Å². The van der Waals surface area contributed by atoms with Crippen LogP contribution in [-0.2, 0) is 19.1 Å². The molecule has 1 heterocycles. The Morgan fingerprint density at radius 2 is 1.97 bits per heavy atom. The molecule has 1 aromatic carbocycles. The van der Waals surface area contributed by atoms with Gasteiger partial charge in [-0.15, -0.1) is 0 Å². The molecule has 0 fully saturated rings. The van der Waals surface area contributed by atoms with Crippen molar-refractivity contribution in [1.82, 2.24) is 5.32 Å². The SMILES string of the molecule is CCOC(=O)C1=C(CSC(=NC)NC)N=C(C)C(C(=O)OC)C1c1ccc(F)cc1. The first kappa shape index (κ1) is 23.6. The van der Waals surface area contributed by atoms with Crippen LogP contribution in [0.15, 0.2) is 45.5 Å². The smallest absolute Gasteiger partial charge is 0.336 e. The van der Waals surface area contributed by atoms with Gasteiger partial charge >= 0.3 is 11.9 Å². The Bertz CT molecular complexity index is 881. The van der Waals surface area contributed by atoms with Crippen LogP contribution in [0.4, 0.5) is 4.39 Å². The van der Waals surface area contributed by atoms with Crippen molar-refractivity contribution in [2.45, 2.75) is 19.8 Å². The number of nitrogens with zero attached hydrogens (tertiary/aromatic N) is 2. The molecule has 1 aromatic rings. The highest BCUT2D eigenvalue weighted by molar-refractivity contribution is 8.13. The summed E-state index contributed by atoms with van der Waals surface area (Å²) in [6, 6.07) is 5.71.